The van der Waals surface area contributed by atoms with Crippen LogP contribution in [-0.4, -0.2) is 19.4 Å². The van der Waals surface area contributed by atoms with E-state index in [4.69, 9.17) is 11.1 Å². The lowest BCUT2D eigenvalue weighted by Crippen LogP contribution is -2.26. The van der Waals surface area contributed by atoms with Crippen molar-refractivity contribution in [3.63, 3.8) is 0 Å². The van der Waals surface area contributed by atoms with Crippen molar-refractivity contribution in [3.05, 3.63) is 28.2 Å². The van der Waals surface area contributed by atoms with Gasteiger partial charge in [0.2, 0.25) is 0 Å². The van der Waals surface area contributed by atoms with Crippen molar-refractivity contribution < 1.29 is 0 Å². The molecule has 1 aromatic carbocycles. The third-order valence-electron chi connectivity index (χ3n) is 2.30. The van der Waals surface area contributed by atoms with E-state index in [1.54, 1.807) is 0 Å². The van der Waals surface area contributed by atoms with E-state index in [0.29, 0.717) is 5.92 Å². The van der Waals surface area contributed by atoms with Crippen LogP contribution in [-0.2, 0) is 0 Å². The first-order chi connectivity index (χ1) is 7.41. The molecule has 0 bridgehead atoms. The first kappa shape index (κ1) is 13.0. The van der Waals surface area contributed by atoms with Gasteiger partial charge in [-0.2, -0.15) is 0 Å². The number of nitrogens with two attached hydrogens (primary N) is 1. The zero-order valence-electron chi connectivity index (χ0n) is 9.92. The van der Waals surface area contributed by atoms with E-state index in [9.17, 15) is 0 Å². The summed E-state index contributed by atoms with van der Waals surface area (Å²) in [5, 5.41) is 7.58. The van der Waals surface area contributed by atoms with E-state index in [1.807, 2.05) is 25.2 Å². The predicted molar refractivity (Wildman–Crippen MR) is 73.3 cm³/mol. The normalized spacial score (nSPS) is 10.6. The molecule has 0 heterocycles. The number of rotatable bonds is 4. The minimum Gasteiger partial charge on any atom is -0.384 e. The summed E-state index contributed by atoms with van der Waals surface area (Å²) in [5.41, 5.74) is 7.37. The Labute approximate surface area is 105 Å². The molecule has 0 saturated carbocycles. The fourth-order valence-electron chi connectivity index (χ4n) is 1.70. The van der Waals surface area contributed by atoms with E-state index in [0.717, 1.165) is 22.3 Å². The number of hydrogen-bond acceptors (Lipinski definition) is 2. The molecule has 0 aliphatic carbocycles. The second-order valence-electron chi connectivity index (χ2n) is 4.35. The van der Waals surface area contributed by atoms with Crippen LogP contribution in [0.2, 0.25) is 0 Å². The Hall–Kier alpha value is -1.03. The minimum absolute atomic E-state index is 0.104. The van der Waals surface area contributed by atoms with E-state index in [1.165, 1.54) is 0 Å². The smallest absolute Gasteiger partial charge is 0.124 e. The van der Waals surface area contributed by atoms with Crippen LogP contribution in [0.1, 0.15) is 19.4 Å². The third kappa shape index (κ3) is 3.23. The third-order valence-corrected chi connectivity index (χ3v) is 2.79. The predicted octanol–water partition coefficient (Wildman–Crippen LogP) is 2.83. The first-order valence-corrected chi connectivity index (χ1v) is 6.06. The van der Waals surface area contributed by atoms with Crippen molar-refractivity contribution in [1.29, 1.82) is 5.41 Å². The lowest BCUT2D eigenvalue weighted by molar-refractivity contribution is 0.638. The number of nitrogen functional groups attached to an aromatic ring is 1. The molecule has 0 amide bonds. The van der Waals surface area contributed by atoms with E-state index in [2.05, 4.69) is 34.7 Å². The highest BCUT2D eigenvalue weighted by Gasteiger charge is 2.11. The molecule has 0 saturated heterocycles. The Morgan fingerprint density at radius 3 is 2.62 bits per heavy atom. The largest absolute Gasteiger partial charge is 0.384 e. The number of hydrogen-bond donors (Lipinski definition) is 2. The number of nitrogens with zero attached hydrogens (tertiary/aromatic N) is 1. The van der Waals surface area contributed by atoms with Gasteiger partial charge in [0.25, 0.3) is 0 Å². The zero-order valence-corrected chi connectivity index (χ0v) is 11.5. The van der Waals surface area contributed by atoms with Crippen molar-refractivity contribution in [2.45, 2.75) is 13.8 Å². The highest BCUT2D eigenvalue weighted by atomic mass is 79.9. The zero-order chi connectivity index (χ0) is 12.3. The van der Waals surface area contributed by atoms with Gasteiger partial charge in [-0.25, -0.2) is 0 Å². The van der Waals surface area contributed by atoms with Crippen molar-refractivity contribution in [1.82, 2.24) is 0 Å². The summed E-state index contributed by atoms with van der Waals surface area (Å²) in [4.78, 5) is 2.13. The molecule has 0 aliphatic rings. The molecule has 0 aliphatic heterocycles. The molecule has 4 heteroatoms. The Morgan fingerprint density at radius 1 is 1.50 bits per heavy atom. The number of amidine groups is 1. The second-order valence-corrected chi connectivity index (χ2v) is 5.27. The Morgan fingerprint density at radius 2 is 2.12 bits per heavy atom. The topological polar surface area (TPSA) is 53.1 Å². The van der Waals surface area contributed by atoms with Crippen LogP contribution in [0.15, 0.2) is 22.7 Å². The Balaban J connectivity index is 3.07. The van der Waals surface area contributed by atoms with Crippen molar-refractivity contribution >= 4 is 27.5 Å². The van der Waals surface area contributed by atoms with Gasteiger partial charge in [-0.15, -0.1) is 0 Å². The molecule has 1 rings (SSSR count). The van der Waals surface area contributed by atoms with Crippen molar-refractivity contribution in [2.75, 3.05) is 18.5 Å². The Kier molecular flexibility index (Phi) is 4.35. The molecule has 0 spiro atoms. The van der Waals surface area contributed by atoms with Crippen molar-refractivity contribution in [2.24, 2.45) is 11.7 Å². The summed E-state index contributed by atoms with van der Waals surface area (Å²) in [7, 11) is 2.02. The number of halogens is 1. The van der Waals surface area contributed by atoms with Gasteiger partial charge < -0.3 is 10.6 Å². The van der Waals surface area contributed by atoms with Gasteiger partial charge in [-0.3, -0.25) is 5.41 Å². The van der Waals surface area contributed by atoms with Crippen LogP contribution in [0, 0.1) is 11.3 Å². The average Bonchev–Trinajstić information content (AvgIpc) is 2.16. The molecule has 1 aromatic rings. The number of nitrogens with one attached hydrogen (secondary N) is 1. The summed E-state index contributed by atoms with van der Waals surface area (Å²) in [6.45, 7) is 5.29. The SMILES string of the molecule is CC(C)CN(C)c1ccc(Br)cc1C(=N)N. The van der Waals surface area contributed by atoms with Gasteiger partial charge in [0, 0.05) is 29.3 Å². The van der Waals surface area contributed by atoms with E-state index < -0.39 is 0 Å². The van der Waals surface area contributed by atoms with Gasteiger partial charge in [-0.05, 0) is 24.1 Å². The molecule has 0 fully saturated rings. The summed E-state index contributed by atoms with van der Waals surface area (Å²) in [6.07, 6.45) is 0. The Bertz CT molecular complexity index is 388. The van der Waals surface area contributed by atoms with Gasteiger partial charge in [0.15, 0.2) is 0 Å². The first-order valence-electron chi connectivity index (χ1n) is 5.27. The fourth-order valence-corrected chi connectivity index (χ4v) is 2.06. The van der Waals surface area contributed by atoms with E-state index >= 15 is 0 Å². The summed E-state index contributed by atoms with van der Waals surface area (Å²) in [6, 6.07) is 5.84. The lowest BCUT2D eigenvalue weighted by atomic mass is 10.1. The molecule has 3 nitrogen and oxygen atoms in total. The molecular weight excluding hydrogens is 266 g/mol. The number of anilines is 1. The van der Waals surface area contributed by atoms with Crippen LogP contribution in [0.5, 0.6) is 0 Å². The summed E-state index contributed by atoms with van der Waals surface area (Å²) in [5.74, 6) is 0.681. The molecule has 16 heavy (non-hydrogen) atoms. The maximum absolute atomic E-state index is 7.58. The highest BCUT2D eigenvalue weighted by molar-refractivity contribution is 9.10. The van der Waals surface area contributed by atoms with Crippen LogP contribution in [0.4, 0.5) is 5.69 Å². The van der Waals surface area contributed by atoms with Crippen LogP contribution >= 0.6 is 15.9 Å². The molecule has 0 unspecified atom stereocenters. The van der Waals surface area contributed by atoms with Gasteiger partial charge in [0.05, 0.1) is 0 Å². The maximum atomic E-state index is 7.58. The van der Waals surface area contributed by atoms with Gasteiger partial charge in [0.1, 0.15) is 5.84 Å². The maximum Gasteiger partial charge on any atom is 0.124 e. The van der Waals surface area contributed by atoms with Gasteiger partial charge in [-0.1, -0.05) is 29.8 Å². The highest BCUT2D eigenvalue weighted by Crippen LogP contribution is 2.24. The monoisotopic (exact) mass is 283 g/mol. The minimum atomic E-state index is 0.104. The van der Waals surface area contributed by atoms with Crippen LogP contribution < -0.4 is 10.6 Å². The van der Waals surface area contributed by atoms with Gasteiger partial charge >= 0.3 is 0 Å². The molecule has 0 aromatic heterocycles. The van der Waals surface area contributed by atoms with Crippen molar-refractivity contribution in [3.8, 4) is 0 Å². The number of benzene rings is 1. The molecule has 88 valence electrons. The average molecular weight is 284 g/mol. The molecule has 3 N–H and O–H groups in total. The second kappa shape index (κ2) is 5.34. The summed E-state index contributed by atoms with van der Waals surface area (Å²) >= 11 is 3.39. The fraction of sp³-hybridized carbons (Fsp3) is 0.417. The van der Waals surface area contributed by atoms with Crippen LogP contribution in [0.25, 0.3) is 0 Å². The standard InChI is InChI=1S/C12H18BrN3/c1-8(2)7-16(3)11-5-4-9(13)6-10(11)12(14)15/h4-6,8H,7H2,1-3H3,(H3,14,15). The molecule has 0 atom stereocenters. The summed E-state index contributed by atoms with van der Waals surface area (Å²) < 4.78 is 0.944. The molecule has 0 radical (unpaired) electrons. The van der Waals surface area contributed by atoms with Crippen LogP contribution in [0.3, 0.4) is 0 Å². The quantitative estimate of drug-likeness (QED) is 0.660. The molecular formula is C12H18BrN3. The van der Waals surface area contributed by atoms with E-state index in [-0.39, 0.29) is 5.84 Å². The lowest BCUT2D eigenvalue weighted by Gasteiger charge is -2.24.